The molecule has 5 nitrogen and oxygen atoms in total. The van der Waals surface area contributed by atoms with Gasteiger partial charge in [-0.1, -0.05) is 17.7 Å². The first-order valence-corrected chi connectivity index (χ1v) is 7.24. The molecule has 0 aliphatic heterocycles. The number of esters is 1. The smallest absolute Gasteiger partial charge is 0.322 e. The van der Waals surface area contributed by atoms with E-state index in [4.69, 9.17) is 4.74 Å². The largest absolute Gasteiger partial charge is 0.466 e. The van der Waals surface area contributed by atoms with Crippen LogP contribution in [0.1, 0.15) is 32.8 Å². The zero-order valence-electron chi connectivity index (χ0n) is 13.2. The molecular formula is C16H24N2O3. The Balaban J connectivity index is 2.60. The van der Waals surface area contributed by atoms with E-state index in [2.05, 4.69) is 5.32 Å². The number of carbonyl (C=O) groups excluding carboxylic acids is 2. The molecule has 21 heavy (non-hydrogen) atoms. The fraction of sp³-hybridized carbons (Fsp3) is 0.500. The SMILES string of the molecule is CCOC(=O)CCN(C(=O)Nc1ccc(C)cc1)C(C)C. The van der Waals surface area contributed by atoms with Gasteiger partial charge in [0.2, 0.25) is 0 Å². The molecule has 0 radical (unpaired) electrons. The molecule has 0 saturated carbocycles. The van der Waals surface area contributed by atoms with E-state index in [0.29, 0.717) is 13.2 Å². The first kappa shape index (κ1) is 17.0. The summed E-state index contributed by atoms with van der Waals surface area (Å²) in [5.74, 6) is -0.286. The lowest BCUT2D eigenvalue weighted by Gasteiger charge is -2.26. The van der Waals surface area contributed by atoms with Crippen LogP contribution in [0.3, 0.4) is 0 Å². The van der Waals surface area contributed by atoms with Crippen LogP contribution in [0.2, 0.25) is 0 Å². The number of benzene rings is 1. The van der Waals surface area contributed by atoms with Crippen LogP contribution in [0.5, 0.6) is 0 Å². The number of nitrogens with one attached hydrogen (secondary N) is 1. The Morgan fingerprint density at radius 2 is 1.86 bits per heavy atom. The van der Waals surface area contributed by atoms with Crippen LogP contribution in [0.4, 0.5) is 10.5 Å². The number of anilines is 1. The molecule has 0 bridgehead atoms. The average molecular weight is 292 g/mol. The second-order valence-corrected chi connectivity index (χ2v) is 5.14. The number of hydrogen-bond donors (Lipinski definition) is 1. The molecule has 1 rings (SSSR count). The Hall–Kier alpha value is -2.04. The number of nitrogens with zero attached hydrogens (tertiary/aromatic N) is 1. The van der Waals surface area contributed by atoms with E-state index in [9.17, 15) is 9.59 Å². The summed E-state index contributed by atoms with van der Waals surface area (Å²) in [5.41, 5.74) is 1.88. The molecule has 0 unspecified atom stereocenters. The molecule has 0 atom stereocenters. The van der Waals surface area contributed by atoms with Gasteiger partial charge in [0.05, 0.1) is 13.0 Å². The maximum atomic E-state index is 12.3. The zero-order valence-corrected chi connectivity index (χ0v) is 13.2. The van der Waals surface area contributed by atoms with Crippen molar-refractivity contribution >= 4 is 17.7 Å². The van der Waals surface area contributed by atoms with Crippen molar-refractivity contribution in [3.63, 3.8) is 0 Å². The van der Waals surface area contributed by atoms with Crippen LogP contribution in [0, 0.1) is 6.92 Å². The molecule has 0 aromatic heterocycles. The van der Waals surface area contributed by atoms with Crippen LogP contribution in [0.15, 0.2) is 24.3 Å². The molecule has 1 aromatic rings. The fourth-order valence-electron chi connectivity index (χ4n) is 1.87. The van der Waals surface area contributed by atoms with Gasteiger partial charge in [-0.15, -0.1) is 0 Å². The maximum absolute atomic E-state index is 12.3. The Morgan fingerprint density at radius 3 is 2.38 bits per heavy atom. The minimum atomic E-state index is -0.286. The third kappa shape index (κ3) is 5.85. The molecule has 5 heteroatoms. The van der Waals surface area contributed by atoms with E-state index < -0.39 is 0 Å². The Bertz CT molecular complexity index is 469. The fourth-order valence-corrected chi connectivity index (χ4v) is 1.87. The highest BCUT2D eigenvalue weighted by atomic mass is 16.5. The maximum Gasteiger partial charge on any atom is 0.322 e. The first-order chi connectivity index (χ1) is 9.93. The lowest BCUT2D eigenvalue weighted by molar-refractivity contribution is -0.143. The molecule has 2 amide bonds. The average Bonchev–Trinajstić information content (AvgIpc) is 2.41. The van der Waals surface area contributed by atoms with Crippen molar-refractivity contribution < 1.29 is 14.3 Å². The quantitative estimate of drug-likeness (QED) is 0.819. The van der Waals surface area contributed by atoms with Crippen LogP contribution in [-0.4, -0.2) is 36.1 Å². The van der Waals surface area contributed by atoms with Gasteiger partial charge in [0.15, 0.2) is 0 Å². The van der Waals surface area contributed by atoms with Crippen molar-refractivity contribution in [2.75, 3.05) is 18.5 Å². The van der Waals surface area contributed by atoms with Crippen LogP contribution in [0.25, 0.3) is 0 Å². The van der Waals surface area contributed by atoms with Crippen molar-refractivity contribution in [1.29, 1.82) is 0 Å². The molecule has 0 aliphatic carbocycles. The highest BCUT2D eigenvalue weighted by molar-refractivity contribution is 5.89. The summed E-state index contributed by atoms with van der Waals surface area (Å²) in [5, 5.41) is 2.84. The summed E-state index contributed by atoms with van der Waals surface area (Å²) in [6.45, 7) is 8.29. The minimum absolute atomic E-state index is 0.00451. The number of aryl methyl sites for hydroxylation is 1. The Morgan fingerprint density at radius 1 is 1.24 bits per heavy atom. The second-order valence-electron chi connectivity index (χ2n) is 5.14. The van der Waals surface area contributed by atoms with Gasteiger partial charge >= 0.3 is 12.0 Å². The van der Waals surface area contributed by atoms with Crippen molar-refractivity contribution in [1.82, 2.24) is 4.90 Å². The van der Waals surface area contributed by atoms with Gasteiger partial charge in [0, 0.05) is 18.3 Å². The number of carbonyl (C=O) groups is 2. The lowest BCUT2D eigenvalue weighted by atomic mass is 10.2. The predicted molar refractivity (Wildman–Crippen MR) is 83.3 cm³/mol. The summed E-state index contributed by atoms with van der Waals surface area (Å²) in [4.78, 5) is 25.3. The topological polar surface area (TPSA) is 58.6 Å². The summed E-state index contributed by atoms with van der Waals surface area (Å²) in [7, 11) is 0. The first-order valence-electron chi connectivity index (χ1n) is 7.24. The standard InChI is InChI=1S/C16H24N2O3/c1-5-21-15(19)10-11-18(12(2)3)16(20)17-14-8-6-13(4)7-9-14/h6-9,12H,5,10-11H2,1-4H3,(H,17,20). The third-order valence-corrected chi connectivity index (χ3v) is 3.05. The lowest BCUT2D eigenvalue weighted by Crippen LogP contribution is -2.41. The van der Waals surface area contributed by atoms with Crippen molar-refractivity contribution in [3.05, 3.63) is 29.8 Å². The van der Waals surface area contributed by atoms with Gasteiger partial charge in [-0.2, -0.15) is 0 Å². The molecule has 0 aliphatic rings. The number of hydrogen-bond acceptors (Lipinski definition) is 3. The molecule has 0 spiro atoms. The van der Waals surface area contributed by atoms with E-state index in [1.807, 2.05) is 45.0 Å². The zero-order chi connectivity index (χ0) is 15.8. The molecule has 1 N–H and O–H groups in total. The highest BCUT2D eigenvalue weighted by Gasteiger charge is 2.18. The number of ether oxygens (including phenoxy) is 1. The van der Waals surface area contributed by atoms with Crippen LogP contribution < -0.4 is 5.32 Å². The molecule has 1 aromatic carbocycles. The van der Waals surface area contributed by atoms with Gasteiger partial charge in [-0.05, 0) is 39.8 Å². The summed E-state index contributed by atoms with van der Waals surface area (Å²) < 4.78 is 4.89. The van der Waals surface area contributed by atoms with E-state index in [-0.39, 0.29) is 24.5 Å². The van der Waals surface area contributed by atoms with Crippen LogP contribution in [-0.2, 0) is 9.53 Å². The van der Waals surface area contributed by atoms with E-state index in [1.165, 1.54) is 0 Å². The number of rotatable bonds is 6. The van der Waals surface area contributed by atoms with Gasteiger partial charge < -0.3 is 15.0 Å². The monoisotopic (exact) mass is 292 g/mol. The Kier molecular flexibility index (Phi) is 6.72. The molecule has 116 valence electrons. The van der Waals surface area contributed by atoms with Crippen molar-refractivity contribution in [3.8, 4) is 0 Å². The normalized spacial score (nSPS) is 10.3. The number of amides is 2. The highest BCUT2D eigenvalue weighted by Crippen LogP contribution is 2.11. The summed E-state index contributed by atoms with van der Waals surface area (Å²) in [6, 6.07) is 7.39. The molecule has 0 saturated heterocycles. The predicted octanol–water partition coefficient (Wildman–Crippen LogP) is 3.19. The molecule has 0 fully saturated rings. The van der Waals surface area contributed by atoms with Crippen molar-refractivity contribution in [2.45, 2.75) is 40.2 Å². The van der Waals surface area contributed by atoms with E-state index >= 15 is 0 Å². The van der Waals surface area contributed by atoms with Gasteiger partial charge in [-0.25, -0.2) is 4.79 Å². The third-order valence-electron chi connectivity index (χ3n) is 3.05. The minimum Gasteiger partial charge on any atom is -0.466 e. The van der Waals surface area contributed by atoms with Crippen LogP contribution >= 0.6 is 0 Å². The van der Waals surface area contributed by atoms with Gasteiger partial charge in [0.1, 0.15) is 0 Å². The molecular weight excluding hydrogens is 268 g/mol. The van der Waals surface area contributed by atoms with Gasteiger partial charge in [0.25, 0.3) is 0 Å². The summed E-state index contributed by atoms with van der Waals surface area (Å²) in [6.07, 6.45) is 0.202. The van der Waals surface area contributed by atoms with Crippen molar-refractivity contribution in [2.24, 2.45) is 0 Å². The second kappa shape index (κ2) is 8.29. The summed E-state index contributed by atoms with van der Waals surface area (Å²) >= 11 is 0. The van der Waals surface area contributed by atoms with Gasteiger partial charge in [-0.3, -0.25) is 4.79 Å². The molecule has 0 heterocycles. The van der Waals surface area contributed by atoms with E-state index in [1.54, 1.807) is 11.8 Å². The van der Waals surface area contributed by atoms with E-state index in [0.717, 1.165) is 11.3 Å². The number of urea groups is 1. The Labute approximate surface area is 126 Å².